The zero-order chi connectivity index (χ0) is 12.4. The maximum Gasteiger partial charge on any atom is 0.322 e. The summed E-state index contributed by atoms with van der Waals surface area (Å²) in [6.45, 7) is -0.0730. The van der Waals surface area contributed by atoms with Crippen LogP contribution in [0.2, 0.25) is 0 Å². The van der Waals surface area contributed by atoms with Gasteiger partial charge in [-0.2, -0.15) is 0 Å². The lowest BCUT2D eigenvalue weighted by molar-refractivity contribution is -0.138. The summed E-state index contributed by atoms with van der Waals surface area (Å²) in [5, 5.41) is 21.4. The first kappa shape index (κ1) is 14.4. The van der Waals surface area contributed by atoms with Gasteiger partial charge in [-0.1, -0.05) is 0 Å². The number of carboxylic acid groups (broad SMARTS) is 1. The highest BCUT2D eigenvalue weighted by Crippen LogP contribution is 1.89. The molecular formula is C9H16N2O5. The normalized spacial score (nSPS) is 9.56. The molecule has 4 N–H and O–H groups in total. The summed E-state index contributed by atoms with van der Waals surface area (Å²) >= 11 is 0. The van der Waals surface area contributed by atoms with Crippen LogP contribution in [0.1, 0.15) is 19.3 Å². The van der Waals surface area contributed by atoms with Gasteiger partial charge in [0.05, 0.1) is 0 Å². The predicted molar refractivity (Wildman–Crippen MR) is 54.6 cm³/mol. The highest BCUT2D eigenvalue weighted by atomic mass is 16.4. The minimum Gasteiger partial charge on any atom is -0.480 e. The molecule has 0 rings (SSSR count). The van der Waals surface area contributed by atoms with Crippen LogP contribution in [0.4, 0.5) is 0 Å². The summed E-state index contributed by atoms with van der Waals surface area (Å²) in [4.78, 5) is 32.2. The Bertz CT molecular complexity index is 254. The van der Waals surface area contributed by atoms with E-state index >= 15 is 0 Å². The standard InChI is InChI=1S/C9H16N2O5/c12-5-1-4-10-7(13)2-3-8(14)11-6-9(15)16/h12H,1-6H2,(H,10,13)(H,11,14)(H,15,16). The minimum absolute atomic E-state index is 0.000617. The highest BCUT2D eigenvalue weighted by Gasteiger charge is 2.07. The molecule has 2 amide bonds. The molecule has 0 aliphatic rings. The molecule has 0 saturated carbocycles. The van der Waals surface area contributed by atoms with Gasteiger partial charge in [0.1, 0.15) is 6.54 Å². The van der Waals surface area contributed by atoms with Gasteiger partial charge < -0.3 is 20.8 Å². The number of amides is 2. The number of hydrogen-bond donors (Lipinski definition) is 4. The van der Waals surface area contributed by atoms with Gasteiger partial charge in [0.2, 0.25) is 11.8 Å². The van der Waals surface area contributed by atoms with E-state index in [2.05, 4.69) is 10.6 Å². The van der Waals surface area contributed by atoms with E-state index in [0.29, 0.717) is 13.0 Å². The molecule has 7 heteroatoms. The van der Waals surface area contributed by atoms with Crippen LogP contribution in [0.3, 0.4) is 0 Å². The molecule has 0 fully saturated rings. The summed E-state index contributed by atoms with van der Waals surface area (Å²) in [7, 11) is 0. The summed E-state index contributed by atoms with van der Waals surface area (Å²) < 4.78 is 0. The second kappa shape index (κ2) is 8.66. The van der Waals surface area contributed by atoms with Crippen molar-refractivity contribution in [1.82, 2.24) is 10.6 Å². The van der Waals surface area contributed by atoms with Gasteiger partial charge in [-0.05, 0) is 6.42 Å². The number of nitrogens with one attached hydrogen (secondary N) is 2. The number of carbonyl (C=O) groups excluding carboxylic acids is 2. The molecule has 0 spiro atoms. The molecule has 0 aliphatic heterocycles. The van der Waals surface area contributed by atoms with Gasteiger partial charge in [-0.3, -0.25) is 14.4 Å². The summed E-state index contributed by atoms with van der Waals surface area (Å²) in [6, 6.07) is 0. The maximum absolute atomic E-state index is 11.1. The first-order valence-electron chi connectivity index (χ1n) is 4.92. The Morgan fingerprint density at radius 3 is 2.06 bits per heavy atom. The van der Waals surface area contributed by atoms with E-state index in [1.165, 1.54) is 0 Å². The van der Waals surface area contributed by atoms with Crippen LogP contribution < -0.4 is 10.6 Å². The fourth-order valence-corrected chi connectivity index (χ4v) is 0.885. The van der Waals surface area contributed by atoms with Crippen LogP contribution in [-0.2, 0) is 14.4 Å². The lowest BCUT2D eigenvalue weighted by atomic mass is 10.2. The molecule has 0 aromatic rings. The largest absolute Gasteiger partial charge is 0.480 e. The van der Waals surface area contributed by atoms with Gasteiger partial charge in [0, 0.05) is 26.0 Å². The second-order valence-electron chi connectivity index (χ2n) is 3.10. The number of carbonyl (C=O) groups is 3. The molecule has 0 saturated heterocycles. The van der Waals surface area contributed by atoms with Crippen LogP contribution in [0, 0.1) is 0 Å². The summed E-state index contributed by atoms with van der Waals surface area (Å²) in [5.74, 6) is -1.89. The molecular weight excluding hydrogens is 216 g/mol. The van der Waals surface area contributed by atoms with Crippen LogP contribution in [0.5, 0.6) is 0 Å². The van der Waals surface area contributed by atoms with Crippen molar-refractivity contribution in [1.29, 1.82) is 0 Å². The molecule has 16 heavy (non-hydrogen) atoms. The van der Waals surface area contributed by atoms with E-state index in [-0.39, 0.29) is 25.4 Å². The van der Waals surface area contributed by atoms with Crippen LogP contribution in [0.25, 0.3) is 0 Å². The fourth-order valence-electron chi connectivity index (χ4n) is 0.885. The SMILES string of the molecule is O=C(O)CNC(=O)CCC(=O)NCCCO. The summed E-state index contributed by atoms with van der Waals surface area (Å²) in [5.41, 5.74) is 0. The molecule has 92 valence electrons. The number of aliphatic carboxylic acids is 1. The zero-order valence-electron chi connectivity index (χ0n) is 8.86. The first-order chi connectivity index (χ1) is 7.56. The Morgan fingerprint density at radius 2 is 1.56 bits per heavy atom. The number of aliphatic hydroxyl groups is 1. The topological polar surface area (TPSA) is 116 Å². The smallest absolute Gasteiger partial charge is 0.322 e. The van der Waals surface area contributed by atoms with Crippen molar-refractivity contribution in [3.05, 3.63) is 0 Å². The Kier molecular flexibility index (Phi) is 7.78. The third-order valence-electron chi connectivity index (χ3n) is 1.67. The van der Waals surface area contributed by atoms with Crippen molar-refractivity contribution in [2.75, 3.05) is 19.7 Å². The van der Waals surface area contributed by atoms with Crippen molar-refractivity contribution < 1.29 is 24.6 Å². The lowest BCUT2D eigenvalue weighted by Gasteiger charge is -2.04. The van der Waals surface area contributed by atoms with Crippen LogP contribution >= 0.6 is 0 Å². The van der Waals surface area contributed by atoms with Gasteiger partial charge in [-0.15, -0.1) is 0 Å². The maximum atomic E-state index is 11.1. The van der Waals surface area contributed by atoms with Crippen LogP contribution in [-0.4, -0.2) is 47.7 Å². The van der Waals surface area contributed by atoms with E-state index < -0.39 is 18.4 Å². The number of carboxylic acids is 1. The van der Waals surface area contributed by atoms with Gasteiger partial charge in [0.25, 0.3) is 0 Å². The van der Waals surface area contributed by atoms with Crippen molar-refractivity contribution in [2.24, 2.45) is 0 Å². The zero-order valence-corrected chi connectivity index (χ0v) is 8.86. The predicted octanol–water partition coefficient (Wildman–Crippen LogP) is -1.53. The number of rotatable bonds is 8. The molecule has 0 bridgehead atoms. The van der Waals surface area contributed by atoms with Crippen molar-refractivity contribution in [3.8, 4) is 0 Å². The molecule has 0 heterocycles. The van der Waals surface area contributed by atoms with E-state index in [1.807, 2.05) is 0 Å². The van der Waals surface area contributed by atoms with E-state index in [0.717, 1.165) is 0 Å². The second-order valence-corrected chi connectivity index (χ2v) is 3.10. The third-order valence-corrected chi connectivity index (χ3v) is 1.67. The monoisotopic (exact) mass is 232 g/mol. The molecule has 0 unspecified atom stereocenters. The molecule has 0 radical (unpaired) electrons. The average Bonchev–Trinajstić information content (AvgIpc) is 2.24. The Balaban J connectivity index is 3.51. The Hall–Kier alpha value is -1.63. The highest BCUT2D eigenvalue weighted by molar-refractivity contribution is 5.85. The Labute approximate surface area is 92.8 Å². The molecule has 7 nitrogen and oxygen atoms in total. The average molecular weight is 232 g/mol. The van der Waals surface area contributed by atoms with Gasteiger partial charge in [0.15, 0.2) is 0 Å². The van der Waals surface area contributed by atoms with Gasteiger partial charge in [-0.25, -0.2) is 0 Å². The Morgan fingerprint density at radius 1 is 1.00 bits per heavy atom. The number of hydrogen-bond acceptors (Lipinski definition) is 4. The van der Waals surface area contributed by atoms with Crippen LogP contribution in [0.15, 0.2) is 0 Å². The number of aliphatic hydroxyl groups excluding tert-OH is 1. The lowest BCUT2D eigenvalue weighted by Crippen LogP contribution is -2.31. The first-order valence-corrected chi connectivity index (χ1v) is 4.92. The molecule has 0 aromatic carbocycles. The van der Waals surface area contributed by atoms with E-state index in [1.54, 1.807) is 0 Å². The minimum atomic E-state index is -1.12. The van der Waals surface area contributed by atoms with E-state index in [9.17, 15) is 14.4 Å². The van der Waals surface area contributed by atoms with Gasteiger partial charge >= 0.3 is 5.97 Å². The summed E-state index contributed by atoms with van der Waals surface area (Å²) in [6.07, 6.45) is 0.437. The van der Waals surface area contributed by atoms with Crippen molar-refractivity contribution in [3.63, 3.8) is 0 Å². The molecule has 0 aromatic heterocycles. The molecule has 0 atom stereocenters. The third kappa shape index (κ3) is 8.95. The van der Waals surface area contributed by atoms with Crippen molar-refractivity contribution >= 4 is 17.8 Å². The van der Waals surface area contributed by atoms with E-state index in [4.69, 9.17) is 10.2 Å². The van der Waals surface area contributed by atoms with Crippen molar-refractivity contribution in [2.45, 2.75) is 19.3 Å². The molecule has 0 aliphatic carbocycles. The fraction of sp³-hybridized carbons (Fsp3) is 0.667. The quantitative estimate of drug-likeness (QED) is 0.379.